The Labute approximate surface area is 137 Å². The van der Waals surface area contributed by atoms with Crippen LogP contribution in [0.5, 0.6) is 0 Å². The van der Waals surface area contributed by atoms with Gasteiger partial charge in [0.25, 0.3) is 5.91 Å². The van der Waals surface area contributed by atoms with Crippen molar-refractivity contribution in [3.8, 4) is 11.4 Å². The fourth-order valence-corrected chi connectivity index (χ4v) is 3.30. The lowest BCUT2D eigenvalue weighted by Gasteiger charge is -2.21. The maximum Gasteiger partial charge on any atom is 0.269 e. The van der Waals surface area contributed by atoms with Crippen LogP contribution in [-0.2, 0) is 13.0 Å². The van der Waals surface area contributed by atoms with E-state index >= 15 is 0 Å². The minimum atomic E-state index is -0.437. The molecule has 0 aliphatic carbocycles. The van der Waals surface area contributed by atoms with Crippen molar-refractivity contribution in [3.05, 3.63) is 41.7 Å². The van der Waals surface area contributed by atoms with Gasteiger partial charge in [0.05, 0.1) is 5.69 Å². The molecular weight excluding hydrogens is 288 g/mol. The molecule has 0 atom stereocenters. The number of benzene rings is 1. The number of primary amides is 1. The second kappa shape index (κ2) is 6.54. The summed E-state index contributed by atoms with van der Waals surface area (Å²) in [7, 11) is 0. The molecular formula is C18H24N4O. The van der Waals surface area contributed by atoms with Gasteiger partial charge < -0.3 is 15.2 Å². The van der Waals surface area contributed by atoms with Crippen molar-refractivity contribution in [2.24, 2.45) is 11.7 Å². The Kier molecular flexibility index (Phi) is 4.48. The number of hydrogen-bond acceptors (Lipinski definition) is 3. The van der Waals surface area contributed by atoms with Crippen LogP contribution >= 0.6 is 0 Å². The highest BCUT2D eigenvalue weighted by Crippen LogP contribution is 2.25. The fourth-order valence-electron chi connectivity index (χ4n) is 3.30. The third-order valence-corrected chi connectivity index (χ3v) is 4.27. The molecule has 1 aliphatic rings. The highest BCUT2D eigenvalue weighted by molar-refractivity contribution is 5.93. The predicted molar refractivity (Wildman–Crippen MR) is 91.2 cm³/mol. The summed E-state index contributed by atoms with van der Waals surface area (Å²) in [6.07, 6.45) is 0.810. The molecule has 0 radical (unpaired) electrons. The van der Waals surface area contributed by atoms with E-state index in [4.69, 9.17) is 5.73 Å². The molecule has 0 spiro atoms. The number of carbonyl (C=O) groups excluding carboxylic acids is 1. The number of carbonyl (C=O) groups is 1. The van der Waals surface area contributed by atoms with E-state index in [-0.39, 0.29) is 0 Å². The highest BCUT2D eigenvalue weighted by Gasteiger charge is 2.24. The van der Waals surface area contributed by atoms with Crippen LogP contribution < -0.4 is 5.73 Å². The van der Waals surface area contributed by atoms with Gasteiger partial charge in [0.15, 0.2) is 0 Å². The standard InChI is InChI=1S/C18H24N4O/c1-13(2)12-21-9-8-15-16(17(19)23)20-18(22(15)11-10-21)14-6-4-3-5-7-14/h3-7,13H,8-12H2,1-2H3,(H2,19,23). The smallest absolute Gasteiger partial charge is 0.269 e. The Hall–Kier alpha value is -2.14. The zero-order valence-corrected chi connectivity index (χ0v) is 13.8. The Balaban J connectivity index is 1.98. The second-order valence-corrected chi connectivity index (χ2v) is 6.56. The minimum absolute atomic E-state index is 0.426. The van der Waals surface area contributed by atoms with Crippen molar-refractivity contribution in [2.45, 2.75) is 26.8 Å². The van der Waals surface area contributed by atoms with Crippen molar-refractivity contribution < 1.29 is 4.79 Å². The quantitative estimate of drug-likeness (QED) is 0.941. The normalized spacial score (nSPS) is 15.4. The molecule has 3 rings (SSSR count). The van der Waals surface area contributed by atoms with E-state index in [2.05, 4.69) is 28.3 Å². The molecule has 1 aromatic carbocycles. The van der Waals surface area contributed by atoms with Crippen LogP contribution in [0.15, 0.2) is 30.3 Å². The molecule has 2 N–H and O–H groups in total. The van der Waals surface area contributed by atoms with Gasteiger partial charge in [-0.15, -0.1) is 0 Å². The molecule has 0 fully saturated rings. The van der Waals surface area contributed by atoms with E-state index in [0.717, 1.165) is 49.7 Å². The van der Waals surface area contributed by atoms with Gasteiger partial charge in [-0.1, -0.05) is 44.2 Å². The van der Waals surface area contributed by atoms with Crippen molar-refractivity contribution >= 4 is 5.91 Å². The van der Waals surface area contributed by atoms with Gasteiger partial charge >= 0.3 is 0 Å². The number of amides is 1. The van der Waals surface area contributed by atoms with Crippen molar-refractivity contribution in [1.82, 2.24) is 14.5 Å². The second-order valence-electron chi connectivity index (χ2n) is 6.56. The summed E-state index contributed by atoms with van der Waals surface area (Å²) in [6, 6.07) is 10.0. The first kappa shape index (κ1) is 15.7. The zero-order valence-electron chi connectivity index (χ0n) is 13.8. The average molecular weight is 312 g/mol. The van der Waals surface area contributed by atoms with E-state index in [0.29, 0.717) is 11.6 Å². The molecule has 2 aromatic rings. The molecule has 0 unspecified atom stereocenters. The Morgan fingerprint density at radius 1 is 1.22 bits per heavy atom. The summed E-state index contributed by atoms with van der Waals surface area (Å²) in [4.78, 5) is 18.8. The minimum Gasteiger partial charge on any atom is -0.364 e. The first-order chi connectivity index (χ1) is 11.1. The average Bonchev–Trinajstić information content (AvgIpc) is 2.78. The van der Waals surface area contributed by atoms with Gasteiger partial charge in [-0.2, -0.15) is 0 Å². The van der Waals surface area contributed by atoms with Crippen LogP contribution in [0.2, 0.25) is 0 Å². The summed E-state index contributed by atoms with van der Waals surface area (Å²) in [6.45, 7) is 8.29. The van der Waals surface area contributed by atoms with Gasteiger partial charge in [-0.05, 0) is 5.92 Å². The molecule has 5 nitrogen and oxygen atoms in total. The lowest BCUT2D eigenvalue weighted by Crippen LogP contribution is -2.30. The van der Waals surface area contributed by atoms with E-state index in [9.17, 15) is 4.79 Å². The Bertz CT molecular complexity index is 691. The predicted octanol–water partition coefficient (Wildman–Crippen LogP) is 2.16. The van der Waals surface area contributed by atoms with Crippen LogP contribution in [0.25, 0.3) is 11.4 Å². The molecule has 1 aliphatic heterocycles. The molecule has 5 heteroatoms. The number of aromatic nitrogens is 2. The molecule has 2 heterocycles. The summed E-state index contributed by atoms with van der Waals surface area (Å²) >= 11 is 0. The number of hydrogen-bond donors (Lipinski definition) is 1. The highest BCUT2D eigenvalue weighted by atomic mass is 16.1. The van der Waals surface area contributed by atoms with Crippen LogP contribution in [0.1, 0.15) is 30.0 Å². The number of imidazole rings is 1. The monoisotopic (exact) mass is 312 g/mol. The zero-order chi connectivity index (χ0) is 16.4. The Morgan fingerprint density at radius 2 is 1.96 bits per heavy atom. The summed E-state index contributed by atoms with van der Waals surface area (Å²) in [5.41, 5.74) is 7.99. The van der Waals surface area contributed by atoms with Crippen molar-refractivity contribution in [2.75, 3.05) is 19.6 Å². The molecule has 23 heavy (non-hydrogen) atoms. The first-order valence-corrected chi connectivity index (χ1v) is 8.23. The molecule has 1 aromatic heterocycles. The van der Waals surface area contributed by atoms with Crippen molar-refractivity contribution in [1.29, 1.82) is 0 Å². The topological polar surface area (TPSA) is 64.2 Å². The van der Waals surface area contributed by atoms with Gasteiger partial charge in [-0.25, -0.2) is 4.98 Å². The molecule has 0 bridgehead atoms. The van der Waals surface area contributed by atoms with Crippen LogP contribution in [0, 0.1) is 5.92 Å². The third-order valence-electron chi connectivity index (χ3n) is 4.27. The molecule has 122 valence electrons. The van der Waals surface area contributed by atoms with Crippen LogP contribution in [0.4, 0.5) is 0 Å². The van der Waals surface area contributed by atoms with Crippen LogP contribution in [0.3, 0.4) is 0 Å². The molecule has 1 amide bonds. The number of nitrogens with zero attached hydrogens (tertiary/aromatic N) is 3. The van der Waals surface area contributed by atoms with Gasteiger partial charge in [0.2, 0.25) is 0 Å². The van der Waals surface area contributed by atoms with Gasteiger partial charge in [0, 0.05) is 38.2 Å². The Morgan fingerprint density at radius 3 is 2.61 bits per heavy atom. The summed E-state index contributed by atoms with van der Waals surface area (Å²) < 4.78 is 2.18. The van der Waals surface area contributed by atoms with E-state index < -0.39 is 5.91 Å². The maximum atomic E-state index is 11.8. The lowest BCUT2D eigenvalue weighted by atomic mass is 10.2. The van der Waals surface area contributed by atoms with E-state index in [1.807, 2.05) is 30.3 Å². The maximum absolute atomic E-state index is 11.8. The summed E-state index contributed by atoms with van der Waals surface area (Å²) in [5, 5.41) is 0. The molecule has 0 saturated carbocycles. The van der Waals surface area contributed by atoms with E-state index in [1.165, 1.54) is 0 Å². The van der Waals surface area contributed by atoms with Gasteiger partial charge in [0.1, 0.15) is 11.5 Å². The van der Waals surface area contributed by atoms with E-state index in [1.54, 1.807) is 0 Å². The first-order valence-electron chi connectivity index (χ1n) is 8.23. The van der Waals surface area contributed by atoms with Gasteiger partial charge in [-0.3, -0.25) is 4.79 Å². The molecule has 0 saturated heterocycles. The third kappa shape index (κ3) is 3.29. The van der Waals surface area contributed by atoms with Crippen LogP contribution in [-0.4, -0.2) is 40.0 Å². The largest absolute Gasteiger partial charge is 0.364 e. The lowest BCUT2D eigenvalue weighted by molar-refractivity contribution is 0.0995. The number of nitrogens with two attached hydrogens (primary N) is 1. The van der Waals surface area contributed by atoms with Crippen molar-refractivity contribution in [3.63, 3.8) is 0 Å². The fraction of sp³-hybridized carbons (Fsp3) is 0.444. The SMILES string of the molecule is CC(C)CN1CCc2c(C(N)=O)nc(-c3ccccc3)n2CC1. The summed E-state index contributed by atoms with van der Waals surface area (Å²) in [5.74, 6) is 1.05. The number of rotatable bonds is 4. The number of fused-ring (bicyclic) bond motifs is 1.